The second kappa shape index (κ2) is 13.8. The Kier molecular flexibility index (Phi) is 10.6. The second-order valence-corrected chi connectivity index (χ2v) is 16.0. The van der Waals surface area contributed by atoms with Gasteiger partial charge in [-0.1, -0.05) is 65.5 Å². The van der Waals surface area contributed by atoms with E-state index in [-0.39, 0.29) is 11.9 Å². The van der Waals surface area contributed by atoms with Crippen LogP contribution in [0.1, 0.15) is 111 Å². The molecule has 0 aromatic carbocycles. The lowest BCUT2D eigenvalue weighted by Gasteiger charge is -2.58. The van der Waals surface area contributed by atoms with Gasteiger partial charge in [0.05, 0.1) is 12.7 Å². The van der Waals surface area contributed by atoms with E-state index in [1.807, 2.05) is 0 Å². The first-order chi connectivity index (χ1) is 21.3. The van der Waals surface area contributed by atoms with Gasteiger partial charge < -0.3 is 30.9 Å². The van der Waals surface area contributed by atoms with E-state index in [1.54, 1.807) is 5.57 Å². The van der Waals surface area contributed by atoms with Gasteiger partial charge in [-0.25, -0.2) is 4.79 Å². The van der Waals surface area contributed by atoms with E-state index in [9.17, 15) is 20.1 Å². The van der Waals surface area contributed by atoms with E-state index in [4.69, 9.17) is 15.6 Å². The van der Waals surface area contributed by atoms with Crippen molar-refractivity contribution in [1.29, 1.82) is 0 Å². The molecule has 9 nitrogen and oxygen atoms in total. The van der Waals surface area contributed by atoms with Gasteiger partial charge in [0.1, 0.15) is 24.1 Å². The van der Waals surface area contributed by atoms with Crippen molar-refractivity contribution >= 4 is 5.82 Å². The summed E-state index contributed by atoms with van der Waals surface area (Å²) in [4.78, 5) is 15.0. The van der Waals surface area contributed by atoms with E-state index in [0.717, 1.165) is 52.9 Å². The Morgan fingerprint density at radius 3 is 2.47 bits per heavy atom. The first-order valence-corrected chi connectivity index (χ1v) is 17.6. The summed E-state index contributed by atoms with van der Waals surface area (Å²) in [6, 6.07) is 1.37. The molecule has 6 rings (SSSR count). The summed E-state index contributed by atoms with van der Waals surface area (Å²) >= 11 is 0. The van der Waals surface area contributed by atoms with Crippen LogP contribution in [0.5, 0.6) is 0 Å². The number of nitrogen functional groups attached to an aromatic ring is 1. The predicted octanol–water partition coefficient (Wildman–Crippen LogP) is 4.83. The third-order valence-electron chi connectivity index (χ3n) is 12.9. The third kappa shape index (κ3) is 6.67. The van der Waals surface area contributed by atoms with Crippen molar-refractivity contribution in [2.24, 2.45) is 46.3 Å². The van der Waals surface area contributed by atoms with Crippen LogP contribution in [0, 0.1) is 46.3 Å². The van der Waals surface area contributed by atoms with Crippen LogP contribution in [0.25, 0.3) is 0 Å². The Balaban J connectivity index is 0.000000201. The zero-order valence-electron chi connectivity index (χ0n) is 28.1. The van der Waals surface area contributed by atoms with Crippen molar-refractivity contribution in [3.8, 4) is 0 Å². The van der Waals surface area contributed by atoms with Crippen molar-refractivity contribution in [3.63, 3.8) is 0 Å². The molecule has 3 saturated carbocycles. The Hall–Kier alpha value is -1.78. The highest BCUT2D eigenvalue weighted by Crippen LogP contribution is 2.67. The molecule has 6 N–H and O–H groups in total. The highest BCUT2D eigenvalue weighted by atomic mass is 16.6. The molecule has 4 aliphatic carbocycles. The number of aromatic nitrogens is 2. The van der Waals surface area contributed by atoms with Crippen LogP contribution in [0.4, 0.5) is 5.82 Å². The molecule has 4 fully saturated rings. The van der Waals surface area contributed by atoms with Crippen LogP contribution < -0.4 is 11.4 Å². The SMILES string of the molecule is CC(C)CCC[C@@H](C)[C@H]1CC[C@H]2[C@@H]3CC=C4C[C@@H](O)CC[C@]4(C)[C@H]3CC[C@]12C.Nc1ccn([C@@H]2O[C@H](CO)[C@@H](O)[C@H]2O)c(=O)n1. The summed E-state index contributed by atoms with van der Waals surface area (Å²) < 4.78 is 6.19. The van der Waals surface area contributed by atoms with Gasteiger partial charge in [-0.2, -0.15) is 4.98 Å². The molecule has 5 aliphatic rings. The average Bonchev–Trinajstić information content (AvgIpc) is 3.49. The number of ether oxygens (including phenoxy) is 1. The maximum atomic E-state index is 11.5. The molecule has 254 valence electrons. The molecule has 12 atom stereocenters. The number of aliphatic hydroxyl groups is 4. The van der Waals surface area contributed by atoms with Crippen LogP contribution in [0.3, 0.4) is 0 Å². The van der Waals surface area contributed by atoms with Crippen LogP contribution in [0.2, 0.25) is 0 Å². The number of anilines is 1. The highest BCUT2D eigenvalue weighted by Gasteiger charge is 2.59. The van der Waals surface area contributed by atoms with Crippen LogP contribution in [-0.2, 0) is 4.74 Å². The zero-order valence-corrected chi connectivity index (χ0v) is 28.1. The summed E-state index contributed by atoms with van der Waals surface area (Å²) in [5.41, 5.74) is 7.23. The number of nitrogens with zero attached hydrogens (tertiary/aromatic N) is 2. The minimum absolute atomic E-state index is 0.0537. The molecule has 0 unspecified atom stereocenters. The number of hydrogen-bond donors (Lipinski definition) is 5. The van der Waals surface area contributed by atoms with Gasteiger partial charge >= 0.3 is 5.69 Å². The maximum absolute atomic E-state index is 11.5. The molecule has 1 aliphatic heterocycles. The number of nitrogens with two attached hydrogens (primary N) is 1. The summed E-state index contributed by atoms with van der Waals surface area (Å²) in [6.45, 7) is 12.1. The van der Waals surface area contributed by atoms with E-state index in [2.05, 4.69) is 45.7 Å². The Morgan fingerprint density at radius 2 is 1.80 bits per heavy atom. The minimum atomic E-state index is -1.31. The molecule has 0 bridgehead atoms. The molecule has 45 heavy (non-hydrogen) atoms. The normalized spacial score (nSPS) is 41.4. The first kappa shape index (κ1) is 34.6. The second-order valence-electron chi connectivity index (χ2n) is 16.0. The molecular weight excluding hydrogens is 570 g/mol. The molecule has 0 spiro atoms. The predicted molar refractivity (Wildman–Crippen MR) is 175 cm³/mol. The number of rotatable bonds is 7. The summed E-state index contributed by atoms with van der Waals surface area (Å²) in [5.74, 6) is 5.51. The van der Waals surface area contributed by atoms with Gasteiger partial charge in [-0.05, 0) is 104 Å². The van der Waals surface area contributed by atoms with Crippen molar-refractivity contribution < 1.29 is 25.2 Å². The fourth-order valence-corrected chi connectivity index (χ4v) is 10.4. The molecule has 9 heteroatoms. The van der Waals surface area contributed by atoms with Crippen molar-refractivity contribution in [1.82, 2.24) is 9.55 Å². The average molecular weight is 630 g/mol. The van der Waals surface area contributed by atoms with Crippen molar-refractivity contribution in [2.45, 2.75) is 136 Å². The molecular formula is C36H59N3O6. The fourth-order valence-electron chi connectivity index (χ4n) is 10.4. The molecule has 0 radical (unpaired) electrons. The summed E-state index contributed by atoms with van der Waals surface area (Å²) in [6.07, 6.45) is 13.9. The minimum Gasteiger partial charge on any atom is -0.394 e. The van der Waals surface area contributed by atoms with Gasteiger partial charge in [0, 0.05) is 6.20 Å². The Bertz CT molecular complexity index is 1250. The maximum Gasteiger partial charge on any atom is 0.351 e. The lowest BCUT2D eigenvalue weighted by molar-refractivity contribution is -0.0573. The van der Waals surface area contributed by atoms with E-state index < -0.39 is 36.8 Å². The lowest BCUT2D eigenvalue weighted by Crippen LogP contribution is -2.50. The van der Waals surface area contributed by atoms with Crippen LogP contribution in [-0.4, -0.2) is 61.0 Å². The van der Waals surface area contributed by atoms with Gasteiger partial charge in [0.2, 0.25) is 0 Å². The molecule has 1 aromatic rings. The summed E-state index contributed by atoms with van der Waals surface area (Å²) in [5, 5.41) is 38.4. The van der Waals surface area contributed by atoms with Gasteiger partial charge in [-0.15, -0.1) is 0 Å². The molecule has 2 heterocycles. The zero-order chi connectivity index (χ0) is 32.7. The monoisotopic (exact) mass is 629 g/mol. The van der Waals surface area contributed by atoms with Crippen LogP contribution in [0.15, 0.2) is 28.7 Å². The smallest absolute Gasteiger partial charge is 0.351 e. The highest BCUT2D eigenvalue weighted by molar-refractivity contribution is 5.25. The van der Waals surface area contributed by atoms with Crippen molar-refractivity contribution in [2.75, 3.05) is 12.3 Å². The number of aliphatic hydroxyl groups excluding tert-OH is 4. The Morgan fingerprint density at radius 1 is 1.04 bits per heavy atom. The number of allylic oxidation sites excluding steroid dienone is 1. The van der Waals surface area contributed by atoms with Gasteiger partial charge in [0.15, 0.2) is 6.23 Å². The number of hydrogen-bond acceptors (Lipinski definition) is 8. The van der Waals surface area contributed by atoms with E-state index in [0.29, 0.717) is 10.8 Å². The third-order valence-corrected chi connectivity index (χ3v) is 12.9. The van der Waals surface area contributed by atoms with E-state index in [1.165, 1.54) is 70.1 Å². The topological polar surface area (TPSA) is 151 Å². The van der Waals surface area contributed by atoms with Gasteiger partial charge in [0.25, 0.3) is 0 Å². The molecule has 0 amide bonds. The Labute approximate surface area is 269 Å². The largest absolute Gasteiger partial charge is 0.394 e. The van der Waals surface area contributed by atoms with Gasteiger partial charge in [-0.3, -0.25) is 4.57 Å². The summed E-state index contributed by atoms with van der Waals surface area (Å²) in [7, 11) is 0. The molecule has 1 saturated heterocycles. The quantitative estimate of drug-likeness (QED) is 0.269. The standard InChI is InChI=1S/C27H46O.C9H13N3O5/c1-18(2)7-6-8-19(3)23-11-12-24-22-10-9-20-17-21(28)13-15-26(20,4)25(22)14-16-27(23,24)5;10-5-1-2-12(9(16)11-5)8-7(15)6(14)4(3-13)17-8/h9,18-19,21-25,28H,6-8,10-17H2,1-5H3;1-2,4,6-8,13-15H,3H2,(H2,10,11,16)/t19-,21+,22+,23-,24+,25+,26+,27-;4-,6-,7-,8-/m11/s1. The molecule has 1 aromatic heterocycles. The number of fused-ring (bicyclic) bond motifs is 5. The first-order valence-electron chi connectivity index (χ1n) is 17.6. The lowest BCUT2D eigenvalue weighted by atomic mass is 9.47. The van der Waals surface area contributed by atoms with Crippen LogP contribution >= 0.6 is 0 Å². The van der Waals surface area contributed by atoms with Crippen molar-refractivity contribution in [3.05, 3.63) is 34.4 Å². The van der Waals surface area contributed by atoms with E-state index >= 15 is 0 Å². The fraction of sp³-hybridized carbons (Fsp3) is 0.833.